The average Bonchev–Trinajstić information content (AvgIpc) is 2.74. The Bertz CT molecular complexity index is 708. The molecule has 1 saturated carbocycles. The third kappa shape index (κ3) is 4.05. The predicted molar refractivity (Wildman–Crippen MR) is 115 cm³/mol. The Morgan fingerprint density at radius 1 is 1.21 bits per heavy atom. The Kier molecular flexibility index (Phi) is 6.48. The lowest BCUT2D eigenvalue weighted by atomic mass is 9.53. The van der Waals surface area contributed by atoms with Crippen LogP contribution in [0, 0.1) is 11.8 Å². The zero-order valence-corrected chi connectivity index (χ0v) is 18.2. The van der Waals surface area contributed by atoms with Crippen LogP contribution in [-0.2, 0) is 21.4 Å². The number of hydrogen-bond acceptors (Lipinski definition) is 4. The summed E-state index contributed by atoms with van der Waals surface area (Å²) in [5, 5.41) is 3.79. The molecule has 3 atom stereocenters. The van der Waals surface area contributed by atoms with Gasteiger partial charge in [0.15, 0.2) is 0 Å². The molecule has 1 N–H and O–H groups in total. The maximum absolute atomic E-state index is 12.4. The van der Waals surface area contributed by atoms with Gasteiger partial charge >= 0.3 is 5.97 Å². The summed E-state index contributed by atoms with van der Waals surface area (Å²) in [5.74, 6) is 1.49. The average molecular weight is 400 g/mol. The highest BCUT2D eigenvalue weighted by Gasteiger charge is 2.51. The maximum Gasteiger partial charge on any atom is 0.311 e. The molecule has 1 saturated heterocycles. The highest BCUT2D eigenvalue weighted by molar-refractivity contribution is 5.72. The van der Waals surface area contributed by atoms with Crippen LogP contribution < -0.4 is 10.1 Å². The van der Waals surface area contributed by atoms with Gasteiger partial charge in [-0.15, -0.1) is 0 Å². The van der Waals surface area contributed by atoms with Crippen molar-refractivity contribution < 1.29 is 14.3 Å². The van der Waals surface area contributed by atoms with Crippen LogP contribution >= 0.6 is 0 Å². The largest absolute Gasteiger partial charge is 0.457 e. The topological polar surface area (TPSA) is 47.6 Å². The van der Waals surface area contributed by atoms with Crippen LogP contribution in [0.2, 0.25) is 0 Å². The van der Waals surface area contributed by atoms with Gasteiger partial charge < -0.3 is 14.8 Å². The molecular weight excluding hydrogens is 362 g/mol. The molecule has 3 aliphatic rings. The van der Waals surface area contributed by atoms with Gasteiger partial charge in [0.1, 0.15) is 5.75 Å². The van der Waals surface area contributed by atoms with Crippen molar-refractivity contribution in [1.29, 1.82) is 0 Å². The minimum Gasteiger partial charge on any atom is -0.457 e. The number of benzene rings is 1. The molecule has 29 heavy (non-hydrogen) atoms. The van der Waals surface area contributed by atoms with E-state index in [0.29, 0.717) is 11.5 Å². The molecule has 1 heterocycles. The van der Waals surface area contributed by atoms with E-state index in [1.807, 2.05) is 0 Å². The van der Waals surface area contributed by atoms with Crippen molar-refractivity contribution in [2.75, 3.05) is 13.3 Å². The highest BCUT2D eigenvalue weighted by Crippen LogP contribution is 2.54. The number of carbonyl (C=O) groups excluding carboxylic acids is 1. The van der Waals surface area contributed by atoms with E-state index in [0.717, 1.165) is 50.3 Å². The second kappa shape index (κ2) is 9.07. The SMILES string of the molecule is CCCC(CCC)C(=O)OCOc1ccc2c(c1)[C@@]13CCCC[C@@H]1[C@H](C2)NCC3. The Morgan fingerprint density at radius 2 is 2.03 bits per heavy atom. The fraction of sp³-hybridized carbons (Fsp3) is 0.720. The molecule has 0 spiro atoms. The van der Waals surface area contributed by atoms with E-state index in [1.54, 1.807) is 0 Å². The minimum atomic E-state index is -0.112. The molecule has 4 heteroatoms. The Labute approximate surface area is 175 Å². The van der Waals surface area contributed by atoms with Gasteiger partial charge in [0.2, 0.25) is 6.79 Å². The second-order valence-corrected chi connectivity index (χ2v) is 9.34. The molecule has 4 nitrogen and oxygen atoms in total. The third-order valence-electron chi connectivity index (χ3n) is 7.65. The first-order valence-electron chi connectivity index (χ1n) is 11.8. The van der Waals surface area contributed by atoms with Gasteiger partial charge in [0, 0.05) is 11.5 Å². The van der Waals surface area contributed by atoms with Gasteiger partial charge in [0.25, 0.3) is 0 Å². The van der Waals surface area contributed by atoms with E-state index in [4.69, 9.17) is 9.47 Å². The van der Waals surface area contributed by atoms with Crippen molar-refractivity contribution >= 4 is 5.97 Å². The number of carbonyl (C=O) groups is 1. The fourth-order valence-electron chi connectivity index (χ4n) is 6.34. The molecule has 1 aromatic carbocycles. The number of nitrogens with one attached hydrogen (secondary N) is 1. The smallest absolute Gasteiger partial charge is 0.311 e. The summed E-state index contributed by atoms with van der Waals surface area (Å²) in [4.78, 5) is 12.4. The summed E-state index contributed by atoms with van der Waals surface area (Å²) < 4.78 is 11.4. The molecule has 0 aromatic heterocycles. The number of hydrogen-bond donors (Lipinski definition) is 1. The zero-order valence-electron chi connectivity index (χ0n) is 18.2. The molecule has 1 aliphatic heterocycles. The first kappa shape index (κ1) is 20.7. The van der Waals surface area contributed by atoms with Crippen LogP contribution in [0.25, 0.3) is 0 Å². The highest BCUT2D eigenvalue weighted by atomic mass is 16.7. The molecule has 0 unspecified atom stereocenters. The van der Waals surface area contributed by atoms with Gasteiger partial charge in [-0.25, -0.2) is 0 Å². The van der Waals surface area contributed by atoms with Crippen molar-refractivity contribution in [3.8, 4) is 5.75 Å². The van der Waals surface area contributed by atoms with Gasteiger partial charge in [-0.2, -0.15) is 0 Å². The standard InChI is InChI=1S/C25H37NO3/c1-3-7-18(8-4-2)24(27)29-17-28-20-11-10-19-15-23-21-9-5-6-12-25(21,13-14-26-23)22(19)16-20/h10-11,16,18,21,23,26H,3-9,12-15,17H2,1-2H3/t21-,23+,25-/m1/s1. The predicted octanol–water partition coefficient (Wildman–Crippen LogP) is 5.13. The normalized spacial score (nSPS) is 27.8. The van der Waals surface area contributed by atoms with E-state index in [-0.39, 0.29) is 18.7 Å². The number of ether oxygens (including phenoxy) is 2. The molecule has 0 radical (unpaired) electrons. The van der Waals surface area contributed by atoms with Crippen LogP contribution in [0.1, 0.15) is 82.8 Å². The van der Waals surface area contributed by atoms with Crippen molar-refractivity contribution in [2.24, 2.45) is 11.8 Å². The van der Waals surface area contributed by atoms with Crippen LogP contribution in [-0.4, -0.2) is 25.3 Å². The lowest BCUT2D eigenvalue weighted by Gasteiger charge is -2.56. The second-order valence-electron chi connectivity index (χ2n) is 9.34. The number of piperidine rings is 1. The van der Waals surface area contributed by atoms with Gasteiger partial charge in [-0.1, -0.05) is 45.6 Å². The first-order valence-corrected chi connectivity index (χ1v) is 11.8. The van der Waals surface area contributed by atoms with Gasteiger partial charge in [0.05, 0.1) is 5.92 Å². The summed E-state index contributed by atoms with van der Waals surface area (Å²) in [6, 6.07) is 7.20. The van der Waals surface area contributed by atoms with E-state index in [9.17, 15) is 4.79 Å². The van der Waals surface area contributed by atoms with Crippen LogP contribution in [0.4, 0.5) is 0 Å². The molecule has 160 valence electrons. The number of esters is 1. The van der Waals surface area contributed by atoms with E-state index in [1.165, 1.54) is 43.2 Å². The summed E-state index contributed by atoms with van der Waals surface area (Å²) in [7, 11) is 0. The lowest BCUT2D eigenvalue weighted by Crippen LogP contribution is -2.59. The third-order valence-corrected chi connectivity index (χ3v) is 7.65. The lowest BCUT2D eigenvalue weighted by molar-refractivity contribution is -0.155. The Morgan fingerprint density at radius 3 is 2.83 bits per heavy atom. The Balaban J connectivity index is 1.44. The summed E-state index contributed by atoms with van der Waals surface area (Å²) in [5.41, 5.74) is 3.32. The molecule has 2 bridgehead atoms. The van der Waals surface area contributed by atoms with Gasteiger partial charge in [-0.05, 0) is 74.2 Å². The minimum absolute atomic E-state index is 0.00527. The fourth-order valence-corrected chi connectivity index (χ4v) is 6.34. The van der Waals surface area contributed by atoms with E-state index in [2.05, 4.69) is 37.4 Å². The zero-order chi connectivity index (χ0) is 20.3. The number of fused-ring (bicyclic) bond motifs is 1. The quantitative estimate of drug-likeness (QED) is 0.486. The van der Waals surface area contributed by atoms with Crippen molar-refractivity contribution in [2.45, 2.75) is 89.5 Å². The monoisotopic (exact) mass is 399 g/mol. The summed E-state index contributed by atoms with van der Waals surface area (Å²) in [6.45, 7) is 5.37. The van der Waals surface area contributed by atoms with Crippen LogP contribution in [0.5, 0.6) is 5.75 Å². The van der Waals surface area contributed by atoms with Crippen molar-refractivity contribution in [1.82, 2.24) is 5.32 Å². The van der Waals surface area contributed by atoms with E-state index < -0.39 is 0 Å². The Hall–Kier alpha value is -1.55. The van der Waals surface area contributed by atoms with Crippen molar-refractivity contribution in [3.63, 3.8) is 0 Å². The van der Waals surface area contributed by atoms with Gasteiger partial charge in [-0.3, -0.25) is 4.79 Å². The molecule has 2 fully saturated rings. The molecule has 2 aliphatic carbocycles. The first-order chi connectivity index (χ1) is 14.2. The van der Waals surface area contributed by atoms with E-state index >= 15 is 0 Å². The van der Waals surface area contributed by atoms with Crippen LogP contribution in [0.15, 0.2) is 18.2 Å². The molecule has 0 amide bonds. The molecule has 1 aromatic rings. The maximum atomic E-state index is 12.4. The van der Waals surface area contributed by atoms with Crippen molar-refractivity contribution in [3.05, 3.63) is 29.3 Å². The number of rotatable bonds is 8. The molecular formula is C25H37NO3. The van der Waals surface area contributed by atoms with Crippen LogP contribution in [0.3, 0.4) is 0 Å². The summed E-state index contributed by atoms with van der Waals surface area (Å²) >= 11 is 0. The molecule has 4 rings (SSSR count). The summed E-state index contributed by atoms with van der Waals surface area (Å²) in [6.07, 6.45) is 11.5.